The molecular weight excluding hydrogens is 1690 g/mol. The molecule has 0 fully saturated rings. The van der Waals surface area contributed by atoms with Gasteiger partial charge < -0.3 is 28.2 Å². The number of fused-ring (bicyclic) bond motifs is 27. The van der Waals surface area contributed by atoms with Gasteiger partial charge >= 0.3 is 0 Å². The number of aromatic nitrogens is 1. The van der Waals surface area contributed by atoms with Crippen molar-refractivity contribution in [3.8, 4) is 135 Å². The Morgan fingerprint density at radius 2 is 0.532 bits per heavy atom. The molecule has 23 aromatic rings. The molecule has 6 nitrogen and oxygen atoms in total. The van der Waals surface area contributed by atoms with Crippen LogP contribution in [0.2, 0.25) is 0 Å². The summed E-state index contributed by atoms with van der Waals surface area (Å²) in [7, 11) is 0. The van der Waals surface area contributed by atoms with E-state index in [0.717, 1.165) is 147 Å². The van der Waals surface area contributed by atoms with E-state index in [1.54, 1.807) is 0 Å². The first-order valence-corrected chi connectivity index (χ1v) is 49.1. The SMILES string of the molecule is CCN1c2ccccc2C2(c3ccccc3-c3c(-c4c5cccc(-c6cccc7c6C(C)(C)c6ccccc6O7)c5cc5c(-c6cccc7c6C(C)(C)c6cc(-c8ccc9c(c8)C(C)(C)c8c(cccc8-c8cccc%10c(-c%11ccc%12c%13ccccc%13n%13c%14ccccc%14c%11c%12%13)c%11cccc(-c%12cccc%13c%12C(C)(C)c%12ccccc%12O%13)c%11cc8%10)O9)ccc6O7)cccc45)cccc32)c2ccccc21. The molecule has 0 bridgehead atoms. The number of para-hydroxylation sites is 6. The van der Waals surface area contributed by atoms with Gasteiger partial charge in [-0.25, -0.2) is 0 Å². The third-order valence-electron chi connectivity index (χ3n) is 32.9. The molecule has 0 N–H and O–H groups in total. The molecule has 5 aliphatic heterocycles. The molecule has 6 aliphatic rings. The molecule has 0 saturated heterocycles. The minimum Gasteiger partial charge on any atom is -0.457 e. The number of anilines is 2. The molecule has 0 saturated carbocycles. The summed E-state index contributed by atoms with van der Waals surface area (Å²) in [6.07, 6.45) is 0. The van der Waals surface area contributed by atoms with Gasteiger partial charge in [-0.3, -0.25) is 0 Å². The topological polar surface area (TPSA) is 44.6 Å². The fourth-order valence-corrected chi connectivity index (χ4v) is 27.0. The Hall–Kier alpha value is -16.5. The normalized spacial score (nSPS) is 15.2. The molecule has 6 heteroatoms. The molecule has 139 heavy (non-hydrogen) atoms. The van der Waals surface area contributed by atoms with Crippen molar-refractivity contribution in [2.75, 3.05) is 11.4 Å². The van der Waals surface area contributed by atoms with E-state index >= 15 is 0 Å². The quantitative estimate of drug-likeness (QED) is 0.142. The lowest BCUT2D eigenvalue weighted by atomic mass is 9.64. The Balaban J connectivity index is 0.589. The van der Waals surface area contributed by atoms with E-state index in [2.05, 4.69) is 466 Å². The number of hydrogen-bond acceptors (Lipinski definition) is 5. The number of benzene rings is 21. The lowest BCUT2D eigenvalue weighted by Crippen LogP contribution is -2.37. The van der Waals surface area contributed by atoms with Crippen LogP contribution >= 0.6 is 0 Å². The molecular formula is C133H94N2O4. The number of hydrogen-bond donors (Lipinski definition) is 0. The third kappa shape index (κ3) is 10.6. The monoisotopic (exact) mass is 1780 g/mol. The van der Waals surface area contributed by atoms with E-state index in [1.807, 2.05) is 0 Å². The van der Waals surface area contributed by atoms with Crippen molar-refractivity contribution in [1.82, 2.24) is 4.40 Å². The van der Waals surface area contributed by atoms with Crippen molar-refractivity contribution in [1.29, 1.82) is 0 Å². The summed E-state index contributed by atoms with van der Waals surface area (Å²) in [4.78, 5) is 2.51. The van der Waals surface area contributed by atoms with Gasteiger partial charge in [0.1, 0.15) is 46.0 Å². The summed E-state index contributed by atoms with van der Waals surface area (Å²) in [6, 6.07) is 148. The highest BCUT2D eigenvalue weighted by atomic mass is 16.5. The lowest BCUT2D eigenvalue weighted by molar-refractivity contribution is 0.418. The molecule has 0 atom stereocenters. The predicted octanol–water partition coefficient (Wildman–Crippen LogP) is 35.7. The molecule has 7 heterocycles. The zero-order valence-corrected chi connectivity index (χ0v) is 78.8. The predicted molar refractivity (Wildman–Crippen MR) is 574 cm³/mol. The van der Waals surface area contributed by atoms with Gasteiger partial charge in [-0.2, -0.15) is 0 Å². The highest BCUT2D eigenvalue weighted by Crippen LogP contribution is 2.67. The average molecular weight is 1780 g/mol. The number of ether oxygens (including phenoxy) is 4. The largest absolute Gasteiger partial charge is 0.457 e. The molecule has 2 aromatic heterocycles. The lowest BCUT2D eigenvalue weighted by Gasteiger charge is -2.44. The van der Waals surface area contributed by atoms with Crippen LogP contribution in [0, 0.1) is 0 Å². The van der Waals surface area contributed by atoms with E-state index in [4.69, 9.17) is 18.9 Å². The highest BCUT2D eigenvalue weighted by Gasteiger charge is 2.53. The summed E-state index contributed by atoms with van der Waals surface area (Å²) in [5, 5.41) is 14.3. The second kappa shape index (κ2) is 28.5. The molecule has 0 unspecified atom stereocenters. The first kappa shape index (κ1) is 79.8. The van der Waals surface area contributed by atoms with E-state index in [-0.39, 0.29) is 5.41 Å². The van der Waals surface area contributed by atoms with E-state index in [1.165, 1.54) is 154 Å². The van der Waals surface area contributed by atoms with Gasteiger partial charge in [0.25, 0.3) is 0 Å². The maximum Gasteiger partial charge on any atom is 0.132 e. The zero-order valence-electron chi connectivity index (χ0n) is 78.8. The first-order chi connectivity index (χ1) is 68.0. The van der Waals surface area contributed by atoms with E-state index < -0.39 is 21.7 Å². The summed E-state index contributed by atoms with van der Waals surface area (Å²) in [5.41, 5.74) is 36.5. The van der Waals surface area contributed by atoms with Crippen molar-refractivity contribution in [2.45, 2.75) is 89.4 Å². The first-order valence-electron chi connectivity index (χ1n) is 49.1. The van der Waals surface area contributed by atoms with Gasteiger partial charge in [-0.1, -0.05) is 353 Å². The molecule has 0 radical (unpaired) electrons. The van der Waals surface area contributed by atoms with Crippen LogP contribution in [-0.2, 0) is 27.1 Å². The van der Waals surface area contributed by atoms with Crippen LogP contribution in [0.5, 0.6) is 46.0 Å². The highest BCUT2D eigenvalue weighted by molar-refractivity contribution is 6.31. The zero-order chi connectivity index (χ0) is 92.8. The van der Waals surface area contributed by atoms with Gasteiger partial charge in [-0.05, 0) is 258 Å². The van der Waals surface area contributed by atoms with Crippen molar-refractivity contribution < 1.29 is 18.9 Å². The molecule has 0 amide bonds. The third-order valence-corrected chi connectivity index (χ3v) is 32.9. The minimum atomic E-state index is -0.620. The van der Waals surface area contributed by atoms with Crippen LogP contribution < -0.4 is 23.8 Å². The van der Waals surface area contributed by atoms with Gasteiger partial charge in [0.2, 0.25) is 0 Å². The Morgan fingerprint density at radius 1 is 0.209 bits per heavy atom. The van der Waals surface area contributed by atoms with E-state index in [9.17, 15) is 0 Å². The fraction of sp³-hybridized carbons (Fsp3) is 0.113. The van der Waals surface area contributed by atoms with Crippen LogP contribution in [0.3, 0.4) is 0 Å². The van der Waals surface area contributed by atoms with Crippen LogP contribution in [0.25, 0.3) is 170 Å². The molecule has 21 aromatic carbocycles. The van der Waals surface area contributed by atoms with Gasteiger partial charge in [-0.15, -0.1) is 0 Å². The van der Waals surface area contributed by atoms with Crippen molar-refractivity contribution in [2.24, 2.45) is 0 Å². The second-order valence-corrected chi connectivity index (χ2v) is 41.2. The Kier molecular flexibility index (Phi) is 16.4. The van der Waals surface area contributed by atoms with Crippen LogP contribution in [0.1, 0.15) is 129 Å². The van der Waals surface area contributed by atoms with Crippen LogP contribution in [0.4, 0.5) is 11.4 Å². The Labute approximate surface area is 807 Å². The average Bonchev–Trinajstić information content (AvgIpc) is 1.51. The smallest absolute Gasteiger partial charge is 0.132 e. The second-order valence-electron chi connectivity index (χ2n) is 41.2. The summed E-state index contributed by atoms with van der Waals surface area (Å²) in [5.74, 6) is 6.96. The summed E-state index contributed by atoms with van der Waals surface area (Å²) in [6.45, 7) is 22.2. The van der Waals surface area contributed by atoms with Crippen molar-refractivity contribution >= 4 is 92.6 Å². The van der Waals surface area contributed by atoms with Crippen LogP contribution in [0.15, 0.2) is 394 Å². The van der Waals surface area contributed by atoms with Gasteiger partial charge in [0, 0.05) is 106 Å². The van der Waals surface area contributed by atoms with Gasteiger partial charge in [0.15, 0.2) is 0 Å². The maximum atomic E-state index is 7.41. The van der Waals surface area contributed by atoms with Gasteiger partial charge in [0.05, 0.1) is 22.0 Å². The number of rotatable bonds is 8. The van der Waals surface area contributed by atoms with Crippen LogP contribution in [-0.4, -0.2) is 10.9 Å². The van der Waals surface area contributed by atoms with E-state index in [0.29, 0.717) is 0 Å². The summed E-state index contributed by atoms with van der Waals surface area (Å²) < 4.78 is 31.2. The molecule has 29 rings (SSSR count). The fourth-order valence-electron chi connectivity index (χ4n) is 27.0. The number of nitrogens with zero attached hydrogens (tertiary/aromatic N) is 2. The Morgan fingerprint density at radius 3 is 0.993 bits per heavy atom. The molecule has 1 aliphatic carbocycles. The Bertz CT molecular complexity index is 9370. The summed E-state index contributed by atoms with van der Waals surface area (Å²) >= 11 is 0. The standard InChI is InChI=1S/C133H94N2O4/c1-10-134-110-58-21-15-51-101(110)133(102-52-16-22-59-111(102)134)100-50-14-11-35-92(100)122-94(49-29-55-105(122)133)120-83-41-25-37-78(87-45-30-62-116-124(87)129(2,3)103-53-17-23-60-112(103)136-116)96(83)74-97-80(39-26-42-84(97)120)89-47-32-64-118-126(89)131(6,7)106-72-76(66-70-114(106)138-118)77-67-71-115-107(73-77)132(8,9)127-90(48-33-65-119(127)139-115)81-40-28-44-86-99(81)75-98-79(88-46-31-63-117-125(88)130(4,5)104-54-18-24-61-113(104)137-117)38-27-43-85(98)121(86)95-69-68-91-82-34-12-19-56-108(82)135-109-57-20-13-36-93(109)123(95)128(91)135/h11-75H,10H2,1-9H3. The molecule has 1 spiro atoms. The van der Waals surface area contributed by atoms with Crippen molar-refractivity contribution in [3.63, 3.8) is 0 Å². The van der Waals surface area contributed by atoms with Crippen molar-refractivity contribution in [3.05, 3.63) is 461 Å². The molecule has 660 valence electrons. The minimum absolute atomic E-state index is 0.390. The maximum absolute atomic E-state index is 7.41.